The van der Waals surface area contributed by atoms with Crippen molar-refractivity contribution >= 4 is 23.4 Å². The first-order chi connectivity index (χ1) is 14.9. The maximum absolute atomic E-state index is 12.7. The second-order valence-electron chi connectivity index (χ2n) is 6.87. The zero-order chi connectivity index (χ0) is 22.1. The highest BCUT2D eigenvalue weighted by molar-refractivity contribution is 7.99. The predicted octanol–water partition coefficient (Wildman–Crippen LogP) is 1.23. The third-order valence-corrected chi connectivity index (χ3v) is 5.68. The highest BCUT2D eigenvalue weighted by atomic mass is 32.2. The zero-order valence-electron chi connectivity index (χ0n) is 16.8. The maximum Gasteiger partial charge on any atom is 0.330 e. The quantitative estimate of drug-likeness (QED) is 0.343. The number of nitrogens with one attached hydrogen (secondary N) is 2. The number of aromatic amines is 2. The molecule has 0 amide bonds. The fourth-order valence-corrected chi connectivity index (χ4v) is 3.83. The number of carbonyl (C=O) groups is 1. The van der Waals surface area contributed by atoms with Crippen molar-refractivity contribution in [2.45, 2.75) is 24.0 Å². The first-order valence-electron chi connectivity index (χ1n) is 9.38. The number of ether oxygens (including phenoxy) is 2. The van der Waals surface area contributed by atoms with Gasteiger partial charge in [0.15, 0.2) is 11.6 Å². The molecule has 3 aromatic rings. The predicted molar refractivity (Wildman–Crippen MR) is 114 cm³/mol. The van der Waals surface area contributed by atoms with E-state index in [1.165, 1.54) is 11.7 Å². The molecule has 4 N–H and O–H groups in total. The average Bonchev–Trinajstić information content (AvgIpc) is 3.47. The summed E-state index contributed by atoms with van der Waals surface area (Å²) in [6, 6.07) is 5.19. The van der Waals surface area contributed by atoms with Gasteiger partial charge in [0.05, 0.1) is 25.5 Å². The molecule has 4 rings (SSSR count). The monoisotopic (exact) mass is 444 g/mol. The Morgan fingerprint density at radius 3 is 2.74 bits per heavy atom. The van der Waals surface area contributed by atoms with Crippen LogP contribution in [0, 0.1) is 0 Å². The Bertz CT molecular complexity index is 1260. The highest BCUT2D eigenvalue weighted by Gasteiger charge is 2.30. The number of anilines is 1. The summed E-state index contributed by atoms with van der Waals surface area (Å²) in [5.74, 6) is 0.911. The van der Waals surface area contributed by atoms with E-state index in [0.717, 1.165) is 24.6 Å². The number of H-pyrrole nitrogens is 2. The zero-order valence-corrected chi connectivity index (χ0v) is 17.6. The molecule has 1 aliphatic carbocycles. The topological polar surface area (TPSA) is 158 Å². The van der Waals surface area contributed by atoms with Crippen LogP contribution in [0.4, 0.5) is 5.82 Å². The summed E-state index contributed by atoms with van der Waals surface area (Å²) >= 11 is 1.05. The third kappa shape index (κ3) is 4.06. The second-order valence-corrected chi connectivity index (χ2v) is 7.81. The molecule has 0 unspecified atom stereocenters. The number of aromatic nitrogens is 5. The Kier molecular flexibility index (Phi) is 5.55. The number of methoxy groups -OCH3 is 2. The molecule has 0 radical (unpaired) electrons. The van der Waals surface area contributed by atoms with Crippen LogP contribution in [-0.2, 0) is 0 Å². The van der Waals surface area contributed by atoms with Crippen molar-refractivity contribution in [3.8, 4) is 22.9 Å². The number of benzene rings is 1. The van der Waals surface area contributed by atoms with Gasteiger partial charge in [-0.05, 0) is 25.0 Å². The summed E-state index contributed by atoms with van der Waals surface area (Å²) in [7, 11) is 3.09. The summed E-state index contributed by atoms with van der Waals surface area (Å²) in [6.07, 6.45) is 1.57. The van der Waals surface area contributed by atoms with E-state index < -0.39 is 17.0 Å². The Labute approximate surface area is 180 Å². The Balaban J connectivity index is 1.52. The molecule has 0 aliphatic heterocycles. The normalized spacial score (nSPS) is 13.2. The maximum atomic E-state index is 12.7. The molecular weight excluding hydrogens is 424 g/mol. The number of nitrogens with two attached hydrogens (primary N) is 1. The van der Waals surface area contributed by atoms with Crippen LogP contribution >= 0.6 is 11.8 Å². The molecule has 2 aromatic heterocycles. The van der Waals surface area contributed by atoms with Gasteiger partial charge >= 0.3 is 5.69 Å². The van der Waals surface area contributed by atoms with E-state index >= 15 is 0 Å². The lowest BCUT2D eigenvalue weighted by Crippen LogP contribution is -2.36. The van der Waals surface area contributed by atoms with Crippen molar-refractivity contribution in [1.82, 2.24) is 24.7 Å². The number of ketones is 1. The molecule has 12 heteroatoms. The molecule has 1 aromatic carbocycles. The first kappa shape index (κ1) is 20.7. The fraction of sp³-hybridized carbons (Fsp3) is 0.316. The largest absolute Gasteiger partial charge is 0.497 e. The van der Waals surface area contributed by atoms with E-state index in [1.54, 1.807) is 25.3 Å². The molecule has 0 spiro atoms. The summed E-state index contributed by atoms with van der Waals surface area (Å²) < 4.78 is 11.8. The number of carbonyl (C=O) groups excluding carboxylic acids is 1. The van der Waals surface area contributed by atoms with Gasteiger partial charge in [0, 0.05) is 12.1 Å². The lowest BCUT2D eigenvalue weighted by molar-refractivity contribution is 0.102. The molecule has 11 nitrogen and oxygen atoms in total. The molecule has 2 heterocycles. The van der Waals surface area contributed by atoms with Crippen LogP contribution in [0.3, 0.4) is 0 Å². The van der Waals surface area contributed by atoms with Crippen LogP contribution in [-0.4, -0.2) is 50.5 Å². The molecule has 1 saturated carbocycles. The summed E-state index contributed by atoms with van der Waals surface area (Å²) in [4.78, 5) is 43.4. The molecule has 0 atom stereocenters. The minimum atomic E-state index is -0.788. The summed E-state index contributed by atoms with van der Waals surface area (Å²) in [6.45, 7) is 0. The van der Waals surface area contributed by atoms with E-state index in [9.17, 15) is 14.4 Å². The average molecular weight is 444 g/mol. The molecule has 1 fully saturated rings. The number of nitrogens with zero attached hydrogens (tertiary/aromatic N) is 3. The fourth-order valence-electron chi connectivity index (χ4n) is 3.16. The number of nitrogen functional groups attached to an aromatic ring is 1. The van der Waals surface area contributed by atoms with Crippen molar-refractivity contribution in [3.63, 3.8) is 0 Å². The lowest BCUT2D eigenvalue weighted by atomic mass is 10.2. The van der Waals surface area contributed by atoms with Gasteiger partial charge in [0.1, 0.15) is 22.9 Å². The van der Waals surface area contributed by atoms with Gasteiger partial charge in [-0.1, -0.05) is 11.8 Å². The number of thioether (sulfide) groups is 1. The minimum Gasteiger partial charge on any atom is -0.497 e. The number of hydrogen-bond acceptors (Lipinski definition) is 9. The van der Waals surface area contributed by atoms with Crippen molar-refractivity contribution in [2.75, 3.05) is 25.7 Å². The van der Waals surface area contributed by atoms with Gasteiger partial charge < -0.3 is 15.2 Å². The third-order valence-electron chi connectivity index (χ3n) is 4.83. The van der Waals surface area contributed by atoms with Crippen LogP contribution in [0.1, 0.15) is 29.2 Å². The van der Waals surface area contributed by atoms with Gasteiger partial charge in [0.25, 0.3) is 5.56 Å². The van der Waals surface area contributed by atoms with Crippen molar-refractivity contribution in [1.29, 1.82) is 0 Å². The van der Waals surface area contributed by atoms with Crippen LogP contribution in [0.15, 0.2) is 32.9 Å². The minimum absolute atomic E-state index is 0.0707. The van der Waals surface area contributed by atoms with Crippen molar-refractivity contribution in [2.24, 2.45) is 0 Å². The number of rotatable bonds is 8. The number of hydrogen-bond donors (Lipinski definition) is 3. The van der Waals surface area contributed by atoms with Crippen molar-refractivity contribution in [3.05, 3.63) is 44.6 Å². The second kappa shape index (κ2) is 8.30. The van der Waals surface area contributed by atoms with Gasteiger partial charge in [-0.2, -0.15) is 0 Å². The van der Waals surface area contributed by atoms with Crippen molar-refractivity contribution < 1.29 is 14.3 Å². The molecular formula is C19H20N6O5S. The molecule has 0 saturated heterocycles. The van der Waals surface area contributed by atoms with E-state index in [-0.39, 0.29) is 23.2 Å². The highest BCUT2D eigenvalue weighted by Crippen LogP contribution is 2.35. The molecule has 162 valence electrons. The van der Waals surface area contributed by atoms with Gasteiger partial charge in [0.2, 0.25) is 5.16 Å². The summed E-state index contributed by atoms with van der Waals surface area (Å²) in [5, 5.41) is 7.23. The van der Waals surface area contributed by atoms with Gasteiger partial charge in [-0.25, -0.2) is 9.78 Å². The van der Waals surface area contributed by atoms with Gasteiger partial charge in [-0.3, -0.25) is 24.2 Å². The molecule has 31 heavy (non-hydrogen) atoms. The van der Waals surface area contributed by atoms with E-state index in [2.05, 4.69) is 20.2 Å². The Morgan fingerprint density at radius 1 is 1.29 bits per heavy atom. The van der Waals surface area contributed by atoms with Crippen LogP contribution in [0.2, 0.25) is 0 Å². The summed E-state index contributed by atoms with van der Waals surface area (Å²) in [5.41, 5.74) is 5.05. The van der Waals surface area contributed by atoms with Gasteiger partial charge in [-0.15, -0.1) is 5.10 Å². The Hall–Kier alpha value is -3.54. The molecule has 1 aliphatic rings. The number of Topliss-reactive ketones (excluding diaryl/α,β-unsaturated/α-hetero) is 1. The Morgan fingerprint density at radius 2 is 2.06 bits per heavy atom. The van der Waals surface area contributed by atoms with Crippen LogP contribution in [0.25, 0.3) is 11.4 Å². The lowest BCUT2D eigenvalue weighted by Gasteiger charge is -2.10. The smallest absolute Gasteiger partial charge is 0.330 e. The van der Waals surface area contributed by atoms with E-state index in [0.29, 0.717) is 28.0 Å². The van der Waals surface area contributed by atoms with E-state index in [4.69, 9.17) is 15.2 Å². The molecule has 0 bridgehead atoms. The standard InChI is InChI=1S/C19H20N6O5S/c1-29-10-5-6-11(13(7-10)30-2)16-21-18(24-23-16)31-8-12(26)14-15(20)25(9-3-4-9)19(28)22-17(14)27/h5-7,9H,3-4,8,20H2,1-2H3,(H,21,23,24)(H,22,27,28). The van der Waals surface area contributed by atoms with Crippen LogP contribution in [0.5, 0.6) is 11.5 Å². The first-order valence-corrected chi connectivity index (χ1v) is 10.4. The van der Waals surface area contributed by atoms with E-state index in [1.807, 2.05) is 0 Å². The SMILES string of the molecule is COc1ccc(-c2nc(SCC(=O)c3c(N)n(C4CC4)c(=O)[nH]c3=O)n[nH]2)c(OC)c1. The van der Waals surface area contributed by atoms with Crippen LogP contribution < -0.4 is 26.5 Å².